The van der Waals surface area contributed by atoms with Gasteiger partial charge in [0, 0.05) is 18.6 Å². The predicted molar refractivity (Wildman–Crippen MR) is 90.1 cm³/mol. The summed E-state index contributed by atoms with van der Waals surface area (Å²) in [6, 6.07) is 0. The lowest BCUT2D eigenvalue weighted by molar-refractivity contribution is 0.169. The van der Waals surface area contributed by atoms with E-state index in [2.05, 4.69) is 52.3 Å². The fourth-order valence-corrected chi connectivity index (χ4v) is 2.63. The van der Waals surface area contributed by atoms with Crippen LogP contribution < -0.4 is 0 Å². The van der Waals surface area contributed by atoms with Gasteiger partial charge in [-0.3, -0.25) is 0 Å². The second-order valence-electron chi connectivity index (χ2n) is 6.90. The summed E-state index contributed by atoms with van der Waals surface area (Å²) in [5.41, 5.74) is 1.91. The highest BCUT2D eigenvalue weighted by Gasteiger charge is 2.39. The maximum absolute atomic E-state index is 9.23. The maximum atomic E-state index is 9.23. The Kier molecular flexibility index (Phi) is 7.50. The van der Waals surface area contributed by atoms with E-state index in [1.165, 1.54) is 0 Å². The molecule has 0 aromatic rings. The Morgan fingerprint density at radius 3 is 2.30 bits per heavy atom. The molecule has 0 rings (SSSR count). The van der Waals surface area contributed by atoms with Crippen LogP contribution in [0, 0.1) is 11.8 Å². The van der Waals surface area contributed by atoms with Gasteiger partial charge < -0.3 is 9.53 Å². The summed E-state index contributed by atoms with van der Waals surface area (Å²) < 4.78 is 6.32. The number of hydrogen-bond donors (Lipinski definition) is 1. The quantitative estimate of drug-likeness (QED) is 0.605. The Morgan fingerprint density at radius 2 is 1.90 bits per heavy atom. The van der Waals surface area contributed by atoms with E-state index in [0.717, 1.165) is 11.1 Å². The number of aliphatic hydroxyl groups is 1. The van der Waals surface area contributed by atoms with Gasteiger partial charge in [0.15, 0.2) is 8.32 Å². The maximum Gasteiger partial charge on any atom is 0.192 e. The molecule has 0 aromatic carbocycles. The molecule has 1 N–H and O–H groups in total. The highest BCUT2D eigenvalue weighted by molar-refractivity contribution is 6.74. The Balaban J connectivity index is 5.02. The van der Waals surface area contributed by atoms with Crippen molar-refractivity contribution in [2.24, 2.45) is 0 Å². The lowest BCUT2D eigenvalue weighted by atomic mass is 10.1. The van der Waals surface area contributed by atoms with Crippen LogP contribution in [0.2, 0.25) is 18.1 Å². The molecular weight excluding hydrogens is 264 g/mol. The molecule has 0 heterocycles. The molecule has 0 aliphatic rings. The summed E-state index contributed by atoms with van der Waals surface area (Å²) in [4.78, 5) is 0. The molecule has 0 amide bonds. The zero-order chi connectivity index (χ0) is 16.0. The molecule has 0 saturated heterocycles. The zero-order valence-electron chi connectivity index (χ0n) is 14.1. The first-order valence-electron chi connectivity index (χ1n) is 7.13. The summed E-state index contributed by atoms with van der Waals surface area (Å²) >= 11 is 0. The molecule has 114 valence electrons. The molecular formula is C17H30O2Si. The number of rotatable bonds is 5. The summed E-state index contributed by atoms with van der Waals surface area (Å²) in [5.74, 6) is 6.03. The second-order valence-corrected chi connectivity index (χ2v) is 11.7. The highest BCUT2D eigenvalue weighted by Crippen LogP contribution is 2.38. The molecule has 2 nitrogen and oxygen atoms in total. The van der Waals surface area contributed by atoms with Crippen LogP contribution >= 0.6 is 0 Å². The van der Waals surface area contributed by atoms with Crippen LogP contribution in [0.25, 0.3) is 0 Å². The van der Waals surface area contributed by atoms with Gasteiger partial charge >= 0.3 is 0 Å². The molecule has 0 unspecified atom stereocenters. The van der Waals surface area contributed by atoms with Crippen LogP contribution in [-0.2, 0) is 4.43 Å². The van der Waals surface area contributed by atoms with E-state index in [-0.39, 0.29) is 17.7 Å². The van der Waals surface area contributed by atoms with E-state index in [1.54, 1.807) is 0 Å². The standard InChI is InChI=1S/C17H30O2Si/c1-14(2)10-9-11-15(3)16(12-13-18)19-20(7,8)17(4,5)6/h10,16,18H,3,12-13H2,1-2,4-8H3/t16-/m0/s1. The van der Waals surface area contributed by atoms with Crippen molar-refractivity contribution in [2.45, 2.75) is 65.3 Å². The van der Waals surface area contributed by atoms with Crippen LogP contribution in [0.5, 0.6) is 0 Å². The van der Waals surface area contributed by atoms with Crippen molar-refractivity contribution in [3.8, 4) is 11.8 Å². The van der Waals surface area contributed by atoms with E-state index in [1.807, 2.05) is 19.9 Å². The Hall–Kier alpha value is -0.823. The van der Waals surface area contributed by atoms with Crippen LogP contribution in [0.1, 0.15) is 41.0 Å². The summed E-state index contributed by atoms with van der Waals surface area (Å²) in [7, 11) is -1.88. The summed E-state index contributed by atoms with van der Waals surface area (Å²) in [5, 5.41) is 9.37. The second kappa shape index (κ2) is 7.83. The molecule has 20 heavy (non-hydrogen) atoms. The molecule has 0 aliphatic carbocycles. The first-order chi connectivity index (χ1) is 9.01. The first kappa shape index (κ1) is 19.2. The molecule has 1 atom stereocenters. The van der Waals surface area contributed by atoms with Gasteiger partial charge in [-0.15, -0.1) is 0 Å². The van der Waals surface area contributed by atoms with E-state index < -0.39 is 8.32 Å². The van der Waals surface area contributed by atoms with Crippen LogP contribution in [0.4, 0.5) is 0 Å². The fourth-order valence-electron chi connectivity index (χ4n) is 1.31. The minimum Gasteiger partial charge on any atom is -0.409 e. The van der Waals surface area contributed by atoms with E-state index in [0.29, 0.717) is 6.42 Å². The molecule has 0 spiro atoms. The van der Waals surface area contributed by atoms with Gasteiger partial charge in [0.1, 0.15) is 0 Å². The minimum atomic E-state index is -1.88. The fraction of sp³-hybridized carbons (Fsp3) is 0.647. The third-order valence-electron chi connectivity index (χ3n) is 3.62. The van der Waals surface area contributed by atoms with Crippen molar-refractivity contribution in [3.63, 3.8) is 0 Å². The average molecular weight is 295 g/mol. The van der Waals surface area contributed by atoms with Crippen LogP contribution in [-0.4, -0.2) is 26.1 Å². The smallest absolute Gasteiger partial charge is 0.192 e. The average Bonchev–Trinajstić information content (AvgIpc) is 2.25. The number of aliphatic hydroxyl groups excluding tert-OH is 1. The van der Waals surface area contributed by atoms with Crippen molar-refractivity contribution in [1.82, 2.24) is 0 Å². The first-order valence-corrected chi connectivity index (χ1v) is 10.0. The van der Waals surface area contributed by atoms with E-state index >= 15 is 0 Å². The van der Waals surface area contributed by atoms with Gasteiger partial charge in [-0.25, -0.2) is 0 Å². The topological polar surface area (TPSA) is 29.5 Å². The van der Waals surface area contributed by atoms with Gasteiger partial charge in [0.2, 0.25) is 0 Å². The van der Waals surface area contributed by atoms with Crippen molar-refractivity contribution in [3.05, 3.63) is 23.8 Å². The van der Waals surface area contributed by atoms with Gasteiger partial charge in [-0.1, -0.05) is 44.8 Å². The van der Waals surface area contributed by atoms with Crippen LogP contribution in [0.3, 0.4) is 0 Å². The van der Waals surface area contributed by atoms with Gasteiger partial charge in [0.25, 0.3) is 0 Å². The van der Waals surface area contributed by atoms with Crippen molar-refractivity contribution in [2.75, 3.05) is 6.61 Å². The Morgan fingerprint density at radius 1 is 1.35 bits per heavy atom. The third kappa shape index (κ3) is 6.56. The molecule has 0 radical (unpaired) electrons. The zero-order valence-corrected chi connectivity index (χ0v) is 15.1. The molecule has 0 aliphatic heterocycles. The molecule has 0 saturated carbocycles. The molecule has 0 aromatic heterocycles. The highest BCUT2D eigenvalue weighted by atomic mass is 28.4. The SMILES string of the molecule is C=C(C#CC=C(C)C)[C@H](CCO)O[Si](C)(C)C(C)(C)C. The van der Waals surface area contributed by atoms with Crippen LogP contribution in [0.15, 0.2) is 23.8 Å². The molecule has 3 heteroatoms. The lowest BCUT2D eigenvalue weighted by Crippen LogP contribution is -2.44. The van der Waals surface area contributed by atoms with E-state index in [9.17, 15) is 5.11 Å². The van der Waals surface area contributed by atoms with Crippen molar-refractivity contribution in [1.29, 1.82) is 0 Å². The number of allylic oxidation sites excluding steroid dienone is 2. The summed E-state index contributed by atoms with van der Waals surface area (Å²) in [6.45, 7) is 19.1. The lowest BCUT2D eigenvalue weighted by Gasteiger charge is -2.39. The van der Waals surface area contributed by atoms with Gasteiger partial charge in [-0.2, -0.15) is 0 Å². The minimum absolute atomic E-state index is 0.0859. The monoisotopic (exact) mass is 294 g/mol. The predicted octanol–water partition coefficient (Wildman–Crippen LogP) is 4.29. The van der Waals surface area contributed by atoms with E-state index in [4.69, 9.17) is 4.43 Å². The normalized spacial score (nSPS) is 13.2. The summed E-state index contributed by atoms with van der Waals surface area (Å²) in [6.07, 6.45) is 2.24. The van der Waals surface area contributed by atoms with Gasteiger partial charge in [-0.05, 0) is 38.1 Å². The Labute approximate surface area is 126 Å². The third-order valence-corrected chi connectivity index (χ3v) is 8.10. The van der Waals surface area contributed by atoms with Gasteiger partial charge in [0.05, 0.1) is 6.10 Å². The van der Waals surface area contributed by atoms with Crippen molar-refractivity contribution >= 4 is 8.32 Å². The molecule has 0 bridgehead atoms. The Bertz CT molecular complexity index is 412. The number of hydrogen-bond acceptors (Lipinski definition) is 2. The molecule has 0 fully saturated rings. The largest absolute Gasteiger partial charge is 0.409 e. The van der Waals surface area contributed by atoms with Crippen molar-refractivity contribution < 1.29 is 9.53 Å².